The molecule has 41 heavy (non-hydrogen) atoms. The molecule has 216 valence electrons. The van der Waals surface area contributed by atoms with E-state index in [-0.39, 0.29) is 16.2 Å². The van der Waals surface area contributed by atoms with E-state index in [9.17, 15) is 4.55 Å². The van der Waals surface area contributed by atoms with Gasteiger partial charge >= 0.3 is 0 Å². The third-order valence-corrected chi connectivity index (χ3v) is 12.0. The summed E-state index contributed by atoms with van der Waals surface area (Å²) >= 11 is 2.49. The van der Waals surface area contributed by atoms with Crippen molar-refractivity contribution in [3.63, 3.8) is 0 Å². The SMILES string of the molecule is CC(C)Sc1ccccc1Sc1cnc(N2CCC3(CC2)Cc2ccccc2[C@H]3N[S+]([O-])C(C)(C)C)n2ccnc12. The van der Waals surface area contributed by atoms with Crippen LogP contribution in [0.25, 0.3) is 5.65 Å². The summed E-state index contributed by atoms with van der Waals surface area (Å²) in [4.78, 5) is 15.7. The molecule has 6 nitrogen and oxygen atoms in total. The van der Waals surface area contributed by atoms with E-state index in [0.717, 1.165) is 48.8 Å². The molecular weight excluding hydrogens is 567 g/mol. The van der Waals surface area contributed by atoms with Crippen LogP contribution in [-0.2, 0) is 17.8 Å². The van der Waals surface area contributed by atoms with Gasteiger partial charge in [-0.05, 0) is 63.3 Å². The average molecular weight is 606 g/mol. The topological polar surface area (TPSA) is 68.5 Å². The third-order valence-electron chi connectivity index (χ3n) is 8.15. The summed E-state index contributed by atoms with van der Waals surface area (Å²) in [6.45, 7) is 12.4. The van der Waals surface area contributed by atoms with Crippen LogP contribution in [-0.4, -0.2) is 42.0 Å². The van der Waals surface area contributed by atoms with Gasteiger partial charge in [-0.25, -0.2) is 9.97 Å². The second-order valence-electron chi connectivity index (χ2n) is 12.4. The molecule has 0 amide bonds. The average Bonchev–Trinajstić information content (AvgIpc) is 3.54. The van der Waals surface area contributed by atoms with Crippen LogP contribution in [0.15, 0.2) is 81.8 Å². The molecule has 9 heteroatoms. The van der Waals surface area contributed by atoms with Gasteiger partial charge < -0.3 is 9.45 Å². The minimum absolute atomic E-state index is 0.0444. The summed E-state index contributed by atoms with van der Waals surface area (Å²) in [7, 11) is 0. The highest BCUT2D eigenvalue weighted by atomic mass is 32.2. The van der Waals surface area contributed by atoms with Crippen LogP contribution in [0.5, 0.6) is 0 Å². The molecule has 1 unspecified atom stereocenters. The van der Waals surface area contributed by atoms with Crippen molar-refractivity contribution in [1.29, 1.82) is 0 Å². The Kier molecular flexibility index (Phi) is 8.11. The van der Waals surface area contributed by atoms with Gasteiger partial charge in [-0.3, -0.25) is 4.40 Å². The maximum absolute atomic E-state index is 13.3. The lowest BCUT2D eigenvalue weighted by Crippen LogP contribution is -2.50. The third kappa shape index (κ3) is 5.76. The number of nitrogens with one attached hydrogen (secondary N) is 1. The largest absolute Gasteiger partial charge is 0.598 e. The highest BCUT2D eigenvalue weighted by Gasteiger charge is 2.50. The minimum atomic E-state index is -1.14. The van der Waals surface area contributed by atoms with Crippen LogP contribution in [0.4, 0.5) is 5.95 Å². The van der Waals surface area contributed by atoms with Crippen LogP contribution in [0.2, 0.25) is 0 Å². The van der Waals surface area contributed by atoms with Crippen molar-refractivity contribution in [2.45, 2.75) is 84.6 Å². The van der Waals surface area contributed by atoms with Crippen LogP contribution < -0.4 is 9.62 Å². The predicted octanol–water partition coefficient (Wildman–Crippen LogP) is 7.32. The summed E-state index contributed by atoms with van der Waals surface area (Å²) < 4.78 is 18.7. The molecule has 1 aliphatic carbocycles. The highest BCUT2D eigenvalue weighted by molar-refractivity contribution is 8.02. The molecule has 2 aromatic heterocycles. The van der Waals surface area contributed by atoms with E-state index >= 15 is 0 Å². The number of thioether (sulfide) groups is 1. The van der Waals surface area contributed by atoms with E-state index in [1.807, 2.05) is 51.1 Å². The number of hydrogen-bond acceptors (Lipinski definition) is 7. The van der Waals surface area contributed by atoms with E-state index in [4.69, 9.17) is 9.97 Å². The lowest BCUT2D eigenvalue weighted by atomic mass is 9.73. The van der Waals surface area contributed by atoms with Gasteiger partial charge in [-0.15, -0.1) is 16.5 Å². The van der Waals surface area contributed by atoms with Crippen LogP contribution in [0.1, 0.15) is 64.6 Å². The van der Waals surface area contributed by atoms with E-state index in [0.29, 0.717) is 5.25 Å². The van der Waals surface area contributed by atoms with Gasteiger partial charge in [0.05, 0.1) is 10.9 Å². The number of imidazole rings is 1. The van der Waals surface area contributed by atoms with Crippen LogP contribution in [0, 0.1) is 5.41 Å². The molecule has 6 rings (SSSR count). The number of anilines is 1. The Morgan fingerprint density at radius 3 is 2.44 bits per heavy atom. The predicted molar refractivity (Wildman–Crippen MR) is 172 cm³/mol. The maximum atomic E-state index is 13.3. The molecule has 2 atom stereocenters. The lowest BCUT2D eigenvalue weighted by molar-refractivity contribution is 0.175. The number of nitrogens with zero attached hydrogens (tertiary/aromatic N) is 4. The van der Waals surface area contributed by atoms with Crippen LogP contribution >= 0.6 is 23.5 Å². The smallest absolute Gasteiger partial charge is 0.211 e. The molecule has 4 aromatic rings. The Labute approximate surface area is 255 Å². The maximum Gasteiger partial charge on any atom is 0.211 e. The molecule has 1 saturated heterocycles. The van der Waals surface area contributed by atoms with Gasteiger partial charge in [-0.1, -0.05) is 62.0 Å². The molecule has 1 N–H and O–H groups in total. The van der Waals surface area contributed by atoms with Crippen molar-refractivity contribution in [2.24, 2.45) is 5.41 Å². The number of rotatable bonds is 7. The van der Waals surface area contributed by atoms with Crippen molar-refractivity contribution >= 4 is 46.5 Å². The van der Waals surface area contributed by atoms with Crippen molar-refractivity contribution < 1.29 is 4.55 Å². The normalized spacial score (nSPS) is 19.3. The fourth-order valence-corrected chi connectivity index (χ4v) is 9.03. The van der Waals surface area contributed by atoms with Gasteiger partial charge in [0.15, 0.2) is 5.65 Å². The molecule has 0 bridgehead atoms. The number of aromatic nitrogens is 3. The number of fused-ring (bicyclic) bond motifs is 2. The van der Waals surface area contributed by atoms with E-state index in [2.05, 4.69) is 76.4 Å². The van der Waals surface area contributed by atoms with Gasteiger partial charge in [0.25, 0.3) is 0 Å². The van der Waals surface area contributed by atoms with Gasteiger partial charge in [0, 0.05) is 63.5 Å². The number of benzene rings is 2. The summed E-state index contributed by atoms with van der Waals surface area (Å²) in [6.07, 6.45) is 8.94. The molecule has 2 aromatic carbocycles. The fraction of sp³-hybridized carbons (Fsp3) is 0.438. The minimum Gasteiger partial charge on any atom is -0.598 e. The van der Waals surface area contributed by atoms with Crippen molar-refractivity contribution in [2.75, 3.05) is 18.0 Å². The Bertz CT molecular complexity index is 1520. The van der Waals surface area contributed by atoms with Gasteiger partial charge in [0.2, 0.25) is 5.95 Å². The molecule has 1 aliphatic heterocycles. The van der Waals surface area contributed by atoms with Gasteiger partial charge in [0.1, 0.15) is 4.75 Å². The Morgan fingerprint density at radius 2 is 1.71 bits per heavy atom. The first kappa shape index (κ1) is 28.9. The first-order chi connectivity index (χ1) is 19.6. The summed E-state index contributed by atoms with van der Waals surface area (Å²) in [6, 6.07) is 17.4. The Morgan fingerprint density at radius 1 is 1.00 bits per heavy atom. The first-order valence-electron chi connectivity index (χ1n) is 14.4. The highest BCUT2D eigenvalue weighted by Crippen LogP contribution is 2.53. The zero-order valence-corrected chi connectivity index (χ0v) is 26.9. The van der Waals surface area contributed by atoms with E-state index < -0.39 is 11.4 Å². The Hall–Kier alpha value is -2.17. The van der Waals surface area contributed by atoms with Crippen molar-refractivity contribution in [3.05, 3.63) is 78.2 Å². The van der Waals surface area contributed by atoms with Crippen LogP contribution in [0.3, 0.4) is 0 Å². The zero-order valence-electron chi connectivity index (χ0n) is 24.5. The molecule has 2 aliphatic rings. The second-order valence-corrected chi connectivity index (χ2v) is 17.1. The second kappa shape index (κ2) is 11.5. The summed E-state index contributed by atoms with van der Waals surface area (Å²) in [5, 5.41) is 0.516. The standard InChI is InChI=1S/C32H39N5OS3/c1-22(2)39-25-12-8-9-13-26(25)40-27-21-34-30(37-19-16-33-29(27)37)36-17-14-32(15-18-36)20-23-10-6-7-11-24(23)28(32)35-41(38)31(3,4)5/h6-13,16,19,21-22,28,35H,14-15,17-18,20H2,1-5H3/t28-,41?/m1/s1. The molecule has 1 spiro atoms. The lowest BCUT2D eigenvalue weighted by Gasteiger charge is -2.44. The number of piperidine rings is 1. The Balaban J connectivity index is 1.24. The summed E-state index contributed by atoms with van der Waals surface area (Å²) in [5.74, 6) is 0.944. The molecule has 0 radical (unpaired) electrons. The first-order valence-corrected chi connectivity index (χ1v) is 17.3. The molecule has 0 saturated carbocycles. The molecular formula is C32H39N5OS3. The fourth-order valence-electron chi connectivity index (χ4n) is 6.07. The summed E-state index contributed by atoms with van der Waals surface area (Å²) in [5.41, 5.74) is 3.68. The van der Waals surface area contributed by atoms with Gasteiger partial charge in [-0.2, -0.15) is 0 Å². The monoisotopic (exact) mass is 605 g/mol. The molecule has 1 fully saturated rings. The van der Waals surface area contributed by atoms with Crippen molar-refractivity contribution in [3.8, 4) is 0 Å². The zero-order chi connectivity index (χ0) is 28.8. The van der Waals surface area contributed by atoms with E-state index in [1.54, 1.807) is 11.8 Å². The quantitative estimate of drug-likeness (QED) is 0.175. The van der Waals surface area contributed by atoms with E-state index in [1.165, 1.54) is 20.9 Å². The molecule has 3 heterocycles. The van der Waals surface area contributed by atoms with Crippen molar-refractivity contribution in [1.82, 2.24) is 19.1 Å². The number of hydrogen-bond donors (Lipinski definition) is 1.